The summed E-state index contributed by atoms with van der Waals surface area (Å²) in [5, 5.41) is 9.94. The van der Waals surface area contributed by atoms with Crippen molar-refractivity contribution < 1.29 is 23.1 Å². The number of halogens is 3. The van der Waals surface area contributed by atoms with Gasteiger partial charge in [0.25, 0.3) is 0 Å². The molecule has 9 heteroatoms. The van der Waals surface area contributed by atoms with Crippen LogP contribution in [0.15, 0.2) is 67.1 Å². The van der Waals surface area contributed by atoms with Gasteiger partial charge in [0.2, 0.25) is 0 Å². The van der Waals surface area contributed by atoms with Crippen molar-refractivity contribution in [2.45, 2.75) is 26.1 Å². The number of alkyl halides is 3. The van der Waals surface area contributed by atoms with Crippen LogP contribution in [-0.4, -0.2) is 70.0 Å². The first-order valence-electron chi connectivity index (χ1n) is 13.8. The molecule has 1 saturated heterocycles. The summed E-state index contributed by atoms with van der Waals surface area (Å²) < 4.78 is 42.2. The third kappa shape index (κ3) is 7.02. The molecule has 1 aliphatic heterocycles. The molecule has 0 bridgehead atoms. The van der Waals surface area contributed by atoms with Crippen molar-refractivity contribution in [2.24, 2.45) is 0 Å². The average Bonchev–Trinajstić information content (AvgIpc) is 2.98. The molecular weight excluding hydrogens is 541 g/mol. The first-order valence-corrected chi connectivity index (χ1v) is 13.8. The molecule has 2 heterocycles. The summed E-state index contributed by atoms with van der Waals surface area (Å²) in [6.45, 7) is 5.37. The van der Waals surface area contributed by atoms with Crippen LogP contribution in [-0.2, 0) is 19.1 Å². The van der Waals surface area contributed by atoms with Gasteiger partial charge in [0.1, 0.15) is 6.33 Å². The molecule has 42 heavy (non-hydrogen) atoms. The lowest BCUT2D eigenvalue weighted by Crippen LogP contribution is -2.46. The Morgan fingerprint density at radius 2 is 1.74 bits per heavy atom. The topological polar surface area (TPSA) is 69.6 Å². The van der Waals surface area contributed by atoms with Gasteiger partial charge in [0.05, 0.1) is 17.7 Å². The fourth-order valence-electron chi connectivity index (χ4n) is 5.15. The van der Waals surface area contributed by atoms with Crippen LogP contribution in [0.2, 0.25) is 0 Å². The summed E-state index contributed by atoms with van der Waals surface area (Å²) in [7, 11) is 0. The monoisotopic (exact) mass is 572 g/mol. The summed E-state index contributed by atoms with van der Waals surface area (Å²) in [4.78, 5) is 25.6. The molecule has 216 valence electrons. The van der Waals surface area contributed by atoms with E-state index in [-0.39, 0.29) is 30.9 Å². The second kappa shape index (κ2) is 12.8. The Hall–Kier alpha value is -4.10. The predicted molar refractivity (Wildman–Crippen MR) is 155 cm³/mol. The van der Waals surface area contributed by atoms with Crippen molar-refractivity contribution in [1.82, 2.24) is 19.8 Å². The van der Waals surface area contributed by atoms with E-state index in [1.807, 2.05) is 30.0 Å². The van der Waals surface area contributed by atoms with E-state index in [0.29, 0.717) is 49.4 Å². The number of carbonyl (C=O) groups excluding carboxylic acids is 1. The highest BCUT2D eigenvalue weighted by molar-refractivity contribution is 5.98. The summed E-state index contributed by atoms with van der Waals surface area (Å²) in [5.41, 5.74) is 3.29. The maximum atomic E-state index is 14.1. The fraction of sp³-hybridized carbons (Fsp3) is 0.303. The number of benzene rings is 3. The lowest BCUT2D eigenvalue weighted by molar-refractivity contribution is -0.138. The summed E-state index contributed by atoms with van der Waals surface area (Å²) in [6.07, 6.45) is -1.50. The molecule has 5 rings (SSSR count). The zero-order valence-electron chi connectivity index (χ0n) is 23.3. The maximum absolute atomic E-state index is 14.1. The molecule has 0 radical (unpaired) electrons. The van der Waals surface area contributed by atoms with Crippen LogP contribution < -0.4 is 0 Å². The molecule has 0 aliphatic carbocycles. The first kappa shape index (κ1) is 29.4. The fourth-order valence-corrected chi connectivity index (χ4v) is 5.15. The van der Waals surface area contributed by atoms with E-state index in [1.54, 1.807) is 30.5 Å². The Morgan fingerprint density at radius 1 is 0.976 bits per heavy atom. The molecule has 6 nitrogen and oxygen atoms in total. The van der Waals surface area contributed by atoms with Gasteiger partial charge in [-0.25, -0.2) is 9.97 Å². The highest BCUT2D eigenvalue weighted by atomic mass is 19.4. The number of carbonyl (C=O) groups is 1. The number of nitrogens with zero attached hydrogens (tertiary/aromatic N) is 4. The van der Waals surface area contributed by atoms with Crippen LogP contribution in [0, 0.1) is 18.8 Å². The Labute approximate surface area is 242 Å². The van der Waals surface area contributed by atoms with Crippen LogP contribution in [0.5, 0.6) is 0 Å². The first-order chi connectivity index (χ1) is 20.2. The van der Waals surface area contributed by atoms with Gasteiger partial charge in [-0.05, 0) is 47.9 Å². The number of aliphatic hydroxyl groups excluding tert-OH is 1. The second-order valence-electron chi connectivity index (χ2n) is 10.5. The van der Waals surface area contributed by atoms with E-state index in [0.717, 1.165) is 28.1 Å². The van der Waals surface area contributed by atoms with Gasteiger partial charge in [-0.1, -0.05) is 42.2 Å². The highest BCUT2D eigenvalue weighted by Gasteiger charge is 2.34. The number of aliphatic hydroxyl groups is 1. The van der Waals surface area contributed by atoms with Crippen molar-refractivity contribution in [3.05, 3.63) is 106 Å². The highest BCUT2D eigenvalue weighted by Crippen LogP contribution is 2.34. The lowest BCUT2D eigenvalue weighted by Gasteiger charge is -2.34. The van der Waals surface area contributed by atoms with Gasteiger partial charge in [0, 0.05) is 74.0 Å². The zero-order valence-corrected chi connectivity index (χ0v) is 23.3. The number of rotatable bonds is 7. The normalized spacial score (nSPS) is 14.5. The predicted octanol–water partition coefficient (Wildman–Crippen LogP) is 4.89. The molecule has 1 fully saturated rings. The quantitative estimate of drug-likeness (QED) is 0.251. The minimum atomic E-state index is -4.54. The maximum Gasteiger partial charge on any atom is 0.416 e. The smallest absolute Gasteiger partial charge is 0.395 e. The molecule has 0 spiro atoms. The number of hydrogen-bond acceptors (Lipinski definition) is 6. The van der Waals surface area contributed by atoms with Crippen LogP contribution in [0.1, 0.15) is 43.7 Å². The minimum absolute atomic E-state index is 0.0661. The number of aromatic nitrogens is 2. The van der Waals surface area contributed by atoms with Crippen molar-refractivity contribution in [1.29, 1.82) is 0 Å². The number of β-amino-alcohol motifs (C(OH)–C–C–N with tert-alkyl or cyclic N) is 1. The number of Topliss-reactive ketones (excluding diaryl/α,β-unsaturated/α-hetero) is 1. The van der Waals surface area contributed by atoms with Crippen LogP contribution in [0.3, 0.4) is 0 Å². The van der Waals surface area contributed by atoms with Gasteiger partial charge in [-0.15, -0.1) is 0 Å². The number of hydrogen-bond donors (Lipinski definition) is 1. The lowest BCUT2D eigenvalue weighted by atomic mass is 9.96. The molecule has 0 atom stereocenters. The van der Waals surface area contributed by atoms with Gasteiger partial charge in [0.15, 0.2) is 5.78 Å². The Morgan fingerprint density at radius 3 is 2.50 bits per heavy atom. The van der Waals surface area contributed by atoms with E-state index >= 15 is 0 Å². The standard InChI is InChI=1S/C33H31F3N4O2/c1-23-5-7-27(19-26(23)10-9-25-3-2-4-31-29(25)20-37-22-38-31)32(42)18-24-6-8-28(30(17-24)33(34,35)36)21-40-13-11-39(12-14-40)15-16-41/h2-8,17,19-20,22,41H,11-16,18,21H2,1H3. The van der Waals surface area contributed by atoms with Gasteiger partial charge in [-0.3, -0.25) is 14.6 Å². The van der Waals surface area contributed by atoms with E-state index in [1.165, 1.54) is 12.4 Å². The average molecular weight is 573 g/mol. The zero-order chi connectivity index (χ0) is 29.7. The molecule has 1 aliphatic rings. The molecular formula is C33H31F3N4O2. The summed E-state index contributed by atoms with van der Waals surface area (Å²) in [5.74, 6) is 6.01. The molecule has 3 aromatic carbocycles. The number of aryl methyl sites for hydroxylation is 1. The largest absolute Gasteiger partial charge is 0.416 e. The van der Waals surface area contributed by atoms with E-state index in [2.05, 4.69) is 26.7 Å². The Kier molecular flexibility index (Phi) is 8.97. The van der Waals surface area contributed by atoms with Gasteiger partial charge >= 0.3 is 6.18 Å². The van der Waals surface area contributed by atoms with Crippen molar-refractivity contribution in [2.75, 3.05) is 39.3 Å². The number of fused-ring (bicyclic) bond motifs is 1. The summed E-state index contributed by atoms with van der Waals surface area (Å²) >= 11 is 0. The van der Waals surface area contributed by atoms with Crippen molar-refractivity contribution in [3.8, 4) is 11.8 Å². The van der Waals surface area contributed by atoms with E-state index in [4.69, 9.17) is 5.11 Å². The minimum Gasteiger partial charge on any atom is -0.395 e. The van der Waals surface area contributed by atoms with E-state index < -0.39 is 11.7 Å². The third-order valence-corrected chi connectivity index (χ3v) is 7.56. The van der Waals surface area contributed by atoms with Crippen molar-refractivity contribution in [3.63, 3.8) is 0 Å². The van der Waals surface area contributed by atoms with Crippen molar-refractivity contribution >= 4 is 16.7 Å². The SMILES string of the molecule is Cc1ccc(C(=O)Cc2ccc(CN3CCN(CCO)CC3)c(C(F)(F)F)c2)cc1C#Cc1cccc2ncncc12. The summed E-state index contributed by atoms with van der Waals surface area (Å²) in [6, 6.07) is 15.0. The molecule has 0 unspecified atom stereocenters. The van der Waals surface area contributed by atoms with Gasteiger partial charge < -0.3 is 5.11 Å². The number of piperazine rings is 1. The second-order valence-corrected chi connectivity index (χ2v) is 10.5. The molecule has 4 aromatic rings. The Balaban J connectivity index is 1.33. The molecule has 1 N–H and O–H groups in total. The Bertz CT molecular complexity index is 1650. The van der Waals surface area contributed by atoms with Crippen LogP contribution >= 0.6 is 0 Å². The third-order valence-electron chi connectivity index (χ3n) is 7.56. The van der Waals surface area contributed by atoms with Crippen LogP contribution in [0.4, 0.5) is 13.2 Å². The van der Waals surface area contributed by atoms with Gasteiger partial charge in [-0.2, -0.15) is 13.2 Å². The number of ketones is 1. The molecule has 1 aromatic heterocycles. The van der Waals surface area contributed by atoms with E-state index in [9.17, 15) is 18.0 Å². The molecule has 0 saturated carbocycles. The molecule has 0 amide bonds. The van der Waals surface area contributed by atoms with Crippen LogP contribution in [0.25, 0.3) is 10.9 Å².